The zero-order valence-corrected chi connectivity index (χ0v) is 12.4. The van der Waals surface area contributed by atoms with Gasteiger partial charge in [0.05, 0.1) is 0 Å². The molecule has 1 amide bonds. The zero-order valence-electron chi connectivity index (χ0n) is 11.6. The van der Waals surface area contributed by atoms with Crippen LogP contribution in [0.2, 0.25) is 0 Å². The molecule has 0 fully saturated rings. The Balaban J connectivity index is 2.13. The fourth-order valence-corrected chi connectivity index (χ4v) is 3.56. The Morgan fingerprint density at radius 3 is 3.00 bits per heavy atom. The number of nitrogens with zero attached hydrogens (tertiary/aromatic N) is 3. The van der Waals surface area contributed by atoms with Crippen LogP contribution in [-0.4, -0.2) is 46.4 Å². The van der Waals surface area contributed by atoms with Gasteiger partial charge in [0, 0.05) is 19.8 Å². The number of carbonyl (C=O) groups is 1. The number of para-hydroxylation sites is 2. The third-order valence-corrected chi connectivity index (χ3v) is 4.77. The highest BCUT2D eigenvalue weighted by molar-refractivity contribution is 7.99. The third kappa shape index (κ3) is 2.19. The molecule has 20 heavy (non-hydrogen) atoms. The molecule has 1 aliphatic rings. The van der Waals surface area contributed by atoms with Gasteiger partial charge in [0.15, 0.2) is 17.6 Å². The lowest BCUT2D eigenvalue weighted by atomic mass is 10.3. The van der Waals surface area contributed by atoms with Crippen molar-refractivity contribution in [1.82, 2.24) is 9.47 Å². The third-order valence-electron chi connectivity index (χ3n) is 3.52. The van der Waals surface area contributed by atoms with Gasteiger partial charge in [0.2, 0.25) is 0 Å². The van der Waals surface area contributed by atoms with Gasteiger partial charge in [-0.15, -0.1) is 0 Å². The van der Waals surface area contributed by atoms with Gasteiger partial charge in [0.25, 0.3) is 5.91 Å². The van der Waals surface area contributed by atoms with Crippen molar-refractivity contribution in [2.75, 3.05) is 19.8 Å². The first-order valence-corrected chi connectivity index (χ1v) is 7.58. The molecule has 0 saturated heterocycles. The van der Waals surface area contributed by atoms with Crippen molar-refractivity contribution in [2.24, 2.45) is 0 Å². The summed E-state index contributed by atoms with van der Waals surface area (Å²) in [7, 11) is 3.54. The summed E-state index contributed by atoms with van der Waals surface area (Å²) in [5, 5.41) is 10.9. The van der Waals surface area contributed by atoms with Crippen molar-refractivity contribution >= 4 is 28.7 Å². The van der Waals surface area contributed by atoms with Gasteiger partial charge in [0.1, 0.15) is 12.6 Å². The summed E-state index contributed by atoms with van der Waals surface area (Å²) in [6.07, 6.45) is -0.332. The van der Waals surface area contributed by atoms with Gasteiger partial charge in [-0.3, -0.25) is 4.79 Å². The number of hydrogen-bond acceptors (Lipinski definition) is 3. The normalized spacial score (nSPS) is 18.1. The number of rotatable bonds is 2. The molecule has 106 valence electrons. The van der Waals surface area contributed by atoms with Crippen LogP contribution in [0.25, 0.3) is 11.0 Å². The quantitative estimate of drug-likeness (QED) is 0.819. The molecule has 2 aromatic rings. The largest absolute Gasteiger partial charge is 0.388 e. The first-order valence-electron chi connectivity index (χ1n) is 6.60. The summed E-state index contributed by atoms with van der Waals surface area (Å²) in [6, 6.07) is 8.02. The summed E-state index contributed by atoms with van der Waals surface area (Å²) in [4.78, 5) is 13.6. The second kappa shape index (κ2) is 5.10. The van der Waals surface area contributed by atoms with E-state index in [-0.39, 0.29) is 12.0 Å². The van der Waals surface area contributed by atoms with Crippen molar-refractivity contribution in [3.63, 3.8) is 0 Å². The van der Waals surface area contributed by atoms with E-state index in [1.807, 2.05) is 28.8 Å². The van der Waals surface area contributed by atoms with Crippen molar-refractivity contribution in [2.45, 2.75) is 24.3 Å². The van der Waals surface area contributed by atoms with Gasteiger partial charge in [-0.1, -0.05) is 12.1 Å². The number of amides is 1. The zero-order chi connectivity index (χ0) is 14.3. The Morgan fingerprint density at radius 1 is 1.50 bits per heavy atom. The number of aliphatic hydroxyl groups is 1. The molecule has 0 radical (unpaired) electrons. The highest BCUT2D eigenvalue weighted by Gasteiger charge is 2.32. The molecule has 6 heteroatoms. The molecule has 3 rings (SSSR count). The predicted octanol–water partition coefficient (Wildman–Crippen LogP) is 0.484. The number of imidazole rings is 1. The first kappa shape index (κ1) is 13.5. The molecule has 0 aliphatic carbocycles. The van der Waals surface area contributed by atoms with Crippen LogP contribution in [0.3, 0.4) is 0 Å². The number of benzene rings is 1. The van der Waals surface area contributed by atoms with E-state index in [1.54, 1.807) is 30.8 Å². The van der Waals surface area contributed by atoms with Crippen LogP contribution in [0, 0.1) is 0 Å². The summed E-state index contributed by atoms with van der Waals surface area (Å²) in [6.45, 7) is 0.922. The van der Waals surface area contributed by atoms with Gasteiger partial charge in [-0.05, 0) is 23.9 Å². The molecule has 1 aromatic heterocycles. The average molecular weight is 292 g/mol. The predicted molar refractivity (Wildman–Crippen MR) is 77.6 cm³/mol. The molecule has 1 N–H and O–H groups in total. The lowest BCUT2D eigenvalue weighted by molar-refractivity contribution is -0.717. The maximum Gasteiger partial charge on any atom is 0.319 e. The van der Waals surface area contributed by atoms with Crippen molar-refractivity contribution in [1.29, 1.82) is 0 Å². The fourth-order valence-electron chi connectivity index (χ4n) is 2.47. The van der Waals surface area contributed by atoms with Crippen LogP contribution in [-0.2, 0) is 17.9 Å². The first-order chi connectivity index (χ1) is 9.58. The lowest BCUT2D eigenvalue weighted by Gasteiger charge is -2.15. The average Bonchev–Trinajstić information content (AvgIpc) is 2.73. The summed E-state index contributed by atoms with van der Waals surface area (Å²) in [5.41, 5.74) is 2.11. The van der Waals surface area contributed by atoms with Crippen LogP contribution in [0.15, 0.2) is 29.4 Å². The lowest BCUT2D eigenvalue weighted by Crippen LogP contribution is -2.46. The van der Waals surface area contributed by atoms with Crippen molar-refractivity contribution in [3.8, 4) is 0 Å². The van der Waals surface area contributed by atoms with Crippen molar-refractivity contribution in [3.05, 3.63) is 24.3 Å². The van der Waals surface area contributed by atoms with Crippen LogP contribution in [0.4, 0.5) is 0 Å². The maximum absolute atomic E-state index is 12.0. The monoisotopic (exact) mass is 292 g/mol. The molecular weight excluding hydrogens is 274 g/mol. The Labute approximate surface area is 121 Å². The van der Waals surface area contributed by atoms with E-state index in [4.69, 9.17) is 0 Å². The highest BCUT2D eigenvalue weighted by atomic mass is 32.2. The van der Waals surface area contributed by atoms with Crippen LogP contribution < -0.4 is 4.57 Å². The Bertz CT molecular complexity index is 666. The number of likely N-dealkylation sites (N-methyl/N-ethyl adjacent to an activating group) is 1. The number of carbonyl (C=O) groups excluding carboxylic acids is 1. The molecule has 1 atom stereocenters. The van der Waals surface area contributed by atoms with Crippen LogP contribution in [0.1, 0.15) is 0 Å². The summed E-state index contributed by atoms with van der Waals surface area (Å²) < 4.78 is 4.16. The van der Waals surface area contributed by atoms with E-state index >= 15 is 0 Å². The second-order valence-corrected chi connectivity index (χ2v) is 6.21. The number of aliphatic hydroxyl groups excluding tert-OH is 1. The molecule has 0 spiro atoms. The SMILES string of the molecule is CN(C)C(=O)Cn1c2[n+](c3ccccc31)CC(O)CS2. The minimum atomic E-state index is -0.332. The molecule has 1 unspecified atom stereocenters. The van der Waals surface area contributed by atoms with Crippen LogP contribution >= 0.6 is 11.8 Å². The topological polar surface area (TPSA) is 49.4 Å². The smallest absolute Gasteiger partial charge is 0.319 e. The van der Waals surface area contributed by atoms with E-state index in [2.05, 4.69) is 4.57 Å². The standard InChI is InChI=1S/C14H18N3O2S/c1-15(2)13(19)8-17-12-6-4-3-5-11(12)16-7-10(18)9-20-14(16)17/h3-6,10,18H,7-9H2,1-2H3/q+1. The molecule has 1 aliphatic heterocycles. The number of fused-ring (bicyclic) bond motifs is 3. The van der Waals surface area contributed by atoms with Gasteiger partial charge in [-0.25, -0.2) is 9.13 Å². The summed E-state index contributed by atoms with van der Waals surface area (Å²) in [5.74, 6) is 0.743. The number of hydrogen-bond donors (Lipinski definition) is 1. The van der Waals surface area contributed by atoms with E-state index < -0.39 is 0 Å². The van der Waals surface area contributed by atoms with E-state index in [1.165, 1.54) is 0 Å². The fraction of sp³-hybridized carbons (Fsp3) is 0.429. The Hall–Kier alpha value is -1.53. The van der Waals surface area contributed by atoms with Gasteiger partial charge < -0.3 is 10.0 Å². The molecular formula is C14H18N3O2S+. The molecule has 0 bridgehead atoms. The molecule has 1 aromatic carbocycles. The minimum Gasteiger partial charge on any atom is -0.388 e. The van der Waals surface area contributed by atoms with E-state index in [0.717, 1.165) is 16.2 Å². The highest BCUT2D eigenvalue weighted by Crippen LogP contribution is 2.26. The van der Waals surface area contributed by atoms with Crippen molar-refractivity contribution < 1.29 is 14.5 Å². The van der Waals surface area contributed by atoms with Crippen LogP contribution in [0.5, 0.6) is 0 Å². The second-order valence-electron chi connectivity index (χ2n) is 5.22. The maximum atomic E-state index is 12.0. The molecule has 2 heterocycles. The minimum absolute atomic E-state index is 0.0703. The number of thioether (sulfide) groups is 1. The van der Waals surface area contributed by atoms with E-state index in [0.29, 0.717) is 18.8 Å². The molecule has 0 saturated carbocycles. The summed E-state index contributed by atoms with van der Waals surface area (Å²) >= 11 is 1.61. The van der Waals surface area contributed by atoms with Gasteiger partial charge >= 0.3 is 5.16 Å². The Kier molecular flexibility index (Phi) is 3.43. The molecule has 5 nitrogen and oxygen atoms in total. The van der Waals surface area contributed by atoms with E-state index in [9.17, 15) is 9.90 Å². The number of aromatic nitrogens is 2. The Morgan fingerprint density at radius 2 is 2.25 bits per heavy atom. The van der Waals surface area contributed by atoms with Gasteiger partial charge in [-0.2, -0.15) is 0 Å².